The van der Waals surface area contributed by atoms with Crippen LogP contribution in [0.1, 0.15) is 82.3 Å². The van der Waals surface area contributed by atoms with Gasteiger partial charge in [0.1, 0.15) is 30.0 Å². The molecule has 1 aromatic heterocycles. The number of phosphoric ester groups is 1. The molecule has 0 N–H and O–H groups in total. The molecule has 48 heavy (non-hydrogen) atoms. The summed E-state index contributed by atoms with van der Waals surface area (Å²) in [6, 6.07) is 24.9. The molecule has 2 unspecified atom stereocenters. The Kier molecular flexibility index (Phi) is 15.7. The lowest BCUT2D eigenvalue weighted by atomic mass is 10.1. The highest BCUT2D eigenvalue weighted by Gasteiger charge is 2.18. The number of methoxy groups -OCH3 is 1. The van der Waals surface area contributed by atoms with E-state index in [4.69, 9.17) is 23.3 Å². The summed E-state index contributed by atoms with van der Waals surface area (Å²) in [7, 11) is -3.17. The zero-order chi connectivity index (χ0) is 34.0. The molecule has 0 bridgehead atoms. The van der Waals surface area contributed by atoms with Crippen molar-refractivity contribution in [3.05, 3.63) is 96.2 Å². The zero-order valence-corrected chi connectivity index (χ0v) is 29.7. The number of hydrogen-bond donors (Lipinski definition) is 0. The fourth-order valence-corrected chi connectivity index (χ4v) is 6.37. The predicted molar refractivity (Wildman–Crippen MR) is 189 cm³/mol. The van der Waals surface area contributed by atoms with Crippen LogP contribution in [-0.2, 0) is 20.4 Å². The maximum Gasteiger partial charge on any atom is 0.319 e. The highest BCUT2D eigenvalue weighted by molar-refractivity contribution is 7.46. The van der Waals surface area contributed by atoms with Crippen molar-refractivity contribution in [3.8, 4) is 17.2 Å². The Hall–Kier alpha value is -3.42. The van der Waals surface area contributed by atoms with Crippen molar-refractivity contribution in [1.29, 1.82) is 0 Å². The molecule has 1 heterocycles. The van der Waals surface area contributed by atoms with Gasteiger partial charge in [-0.25, -0.2) is 0 Å². The Morgan fingerprint density at radius 3 is 2.10 bits per heavy atom. The molecule has 0 saturated carbocycles. The maximum absolute atomic E-state index is 12.6. The molecule has 0 aliphatic carbocycles. The van der Waals surface area contributed by atoms with Gasteiger partial charge in [-0.3, -0.25) is 4.57 Å². The quantitative estimate of drug-likeness (QED) is 0.0441. The van der Waals surface area contributed by atoms with Gasteiger partial charge in [0.2, 0.25) is 5.52 Å². The second kappa shape index (κ2) is 20.2. The first-order valence-electron chi connectivity index (χ1n) is 17.4. The molecule has 2 atom stereocenters. The van der Waals surface area contributed by atoms with Gasteiger partial charge in [-0.15, -0.1) is 0 Å². The largest absolute Gasteiger partial charge is 0.746 e. The van der Waals surface area contributed by atoms with Gasteiger partial charge in [0.15, 0.2) is 12.7 Å². The fourth-order valence-electron chi connectivity index (χ4n) is 5.59. The SMILES string of the molecule is CCCCCCCCCCCCOc1cccc(OCC(COP(=O)([O-])Oc2ccc(C[n+]3cccc4ccccc43)cc2)OC)c1C. The number of pyridine rings is 1. The molecular formula is C39H52NO7P. The van der Waals surface area contributed by atoms with Crippen LogP contribution >= 0.6 is 7.82 Å². The minimum Gasteiger partial charge on any atom is -0.746 e. The summed E-state index contributed by atoms with van der Waals surface area (Å²) in [5, 5.41) is 1.15. The van der Waals surface area contributed by atoms with Crippen molar-refractivity contribution in [2.45, 2.75) is 90.7 Å². The number of phosphoric acid groups is 1. The minimum absolute atomic E-state index is 0.0970. The van der Waals surface area contributed by atoms with Gasteiger partial charge in [0, 0.05) is 35.8 Å². The molecule has 260 valence electrons. The van der Waals surface area contributed by atoms with E-state index in [1.54, 1.807) is 12.1 Å². The molecule has 3 aromatic carbocycles. The lowest BCUT2D eigenvalue weighted by Gasteiger charge is -2.25. The van der Waals surface area contributed by atoms with Crippen LogP contribution in [0, 0.1) is 6.92 Å². The third-order valence-corrected chi connectivity index (χ3v) is 9.35. The molecule has 4 aromatic rings. The van der Waals surface area contributed by atoms with E-state index in [1.165, 1.54) is 64.9 Å². The molecule has 0 radical (unpaired) electrons. The summed E-state index contributed by atoms with van der Waals surface area (Å²) < 4.78 is 42.6. The summed E-state index contributed by atoms with van der Waals surface area (Å²) in [5.41, 5.74) is 3.01. The smallest absolute Gasteiger partial charge is 0.319 e. The van der Waals surface area contributed by atoms with E-state index in [0.717, 1.165) is 34.2 Å². The van der Waals surface area contributed by atoms with Crippen LogP contribution in [0.5, 0.6) is 17.2 Å². The number of benzene rings is 3. The highest BCUT2D eigenvalue weighted by Crippen LogP contribution is 2.39. The van der Waals surface area contributed by atoms with E-state index in [9.17, 15) is 9.46 Å². The second-order valence-electron chi connectivity index (χ2n) is 12.3. The molecular weight excluding hydrogens is 625 g/mol. The van der Waals surface area contributed by atoms with Gasteiger partial charge < -0.3 is 28.2 Å². The zero-order valence-electron chi connectivity index (χ0n) is 28.8. The first-order valence-corrected chi connectivity index (χ1v) is 18.8. The van der Waals surface area contributed by atoms with E-state index in [-0.39, 0.29) is 19.0 Å². The molecule has 4 rings (SSSR count). The van der Waals surface area contributed by atoms with Crippen LogP contribution in [-0.4, -0.2) is 33.0 Å². The van der Waals surface area contributed by atoms with Crippen LogP contribution in [0.25, 0.3) is 10.9 Å². The summed E-state index contributed by atoms with van der Waals surface area (Å²) >= 11 is 0. The standard InChI is InChI=1S/C39H52NO7P/c1-4-5-6-7-8-9-10-11-12-15-28-44-38-21-16-22-39(32(38)2)45-30-36(43-3)31-46-48(41,42)47-35-25-23-33(24-26-35)29-40-27-17-19-34-18-13-14-20-37(34)40/h13-14,16-27,36H,4-12,15,28-31H2,1-3H3. The minimum atomic E-state index is -4.65. The summed E-state index contributed by atoms with van der Waals surface area (Å²) in [4.78, 5) is 12.6. The third kappa shape index (κ3) is 12.6. The molecule has 0 saturated heterocycles. The first-order chi connectivity index (χ1) is 23.4. The number of nitrogens with zero attached hydrogens (tertiary/aromatic N) is 1. The number of rotatable bonds is 23. The topological polar surface area (TPSA) is 90.2 Å². The van der Waals surface area contributed by atoms with Crippen molar-refractivity contribution in [2.24, 2.45) is 0 Å². The van der Waals surface area contributed by atoms with Crippen LogP contribution in [0.3, 0.4) is 0 Å². The first kappa shape index (κ1) is 37.4. The van der Waals surface area contributed by atoms with Crippen molar-refractivity contribution in [1.82, 2.24) is 0 Å². The normalized spacial score (nSPS) is 13.2. The Labute approximate surface area is 286 Å². The van der Waals surface area contributed by atoms with Crippen LogP contribution in [0.15, 0.2) is 85.1 Å². The Morgan fingerprint density at radius 2 is 1.40 bits per heavy atom. The molecule has 0 spiro atoms. The molecule has 0 fully saturated rings. The van der Waals surface area contributed by atoms with Crippen LogP contribution < -0.4 is 23.5 Å². The maximum atomic E-state index is 12.6. The van der Waals surface area contributed by atoms with Crippen LogP contribution in [0.4, 0.5) is 0 Å². The second-order valence-corrected chi connectivity index (χ2v) is 13.6. The molecule has 9 heteroatoms. The van der Waals surface area contributed by atoms with Gasteiger partial charge in [-0.05, 0) is 61.9 Å². The number of para-hydroxylation sites is 1. The average Bonchev–Trinajstić information content (AvgIpc) is 3.09. The van der Waals surface area contributed by atoms with Gasteiger partial charge in [0.05, 0.1) is 13.2 Å². The van der Waals surface area contributed by atoms with E-state index in [1.807, 2.05) is 61.7 Å². The number of ether oxygens (including phenoxy) is 3. The average molecular weight is 678 g/mol. The molecule has 0 aliphatic heterocycles. The molecule has 8 nitrogen and oxygen atoms in total. The van der Waals surface area contributed by atoms with E-state index < -0.39 is 13.9 Å². The number of unbranched alkanes of at least 4 members (excludes halogenated alkanes) is 9. The van der Waals surface area contributed by atoms with Gasteiger partial charge in [0.25, 0.3) is 0 Å². The van der Waals surface area contributed by atoms with Gasteiger partial charge in [-0.1, -0.05) is 82.9 Å². The number of aromatic nitrogens is 1. The summed E-state index contributed by atoms with van der Waals surface area (Å²) in [6.07, 6.45) is 14.2. The van der Waals surface area contributed by atoms with E-state index in [2.05, 4.69) is 29.7 Å². The van der Waals surface area contributed by atoms with E-state index >= 15 is 0 Å². The number of hydrogen-bond acceptors (Lipinski definition) is 7. The molecule has 0 aliphatic rings. The van der Waals surface area contributed by atoms with Crippen LogP contribution in [0.2, 0.25) is 0 Å². The van der Waals surface area contributed by atoms with Crippen molar-refractivity contribution in [2.75, 3.05) is 26.9 Å². The Balaban J connectivity index is 1.17. The predicted octanol–water partition coefficient (Wildman–Crippen LogP) is 8.74. The fraction of sp³-hybridized carbons (Fsp3) is 0.462. The summed E-state index contributed by atoms with van der Waals surface area (Å²) in [6.45, 7) is 5.36. The lowest BCUT2D eigenvalue weighted by molar-refractivity contribution is -0.662. The Morgan fingerprint density at radius 1 is 0.750 bits per heavy atom. The van der Waals surface area contributed by atoms with Crippen molar-refractivity contribution in [3.63, 3.8) is 0 Å². The van der Waals surface area contributed by atoms with E-state index in [0.29, 0.717) is 18.9 Å². The Bertz CT molecular complexity index is 1560. The lowest BCUT2D eigenvalue weighted by Crippen LogP contribution is -2.34. The van der Waals surface area contributed by atoms with Gasteiger partial charge >= 0.3 is 7.82 Å². The third-order valence-electron chi connectivity index (χ3n) is 8.45. The van der Waals surface area contributed by atoms with Crippen molar-refractivity contribution >= 4 is 18.7 Å². The number of fused-ring (bicyclic) bond motifs is 1. The summed E-state index contributed by atoms with van der Waals surface area (Å²) in [5.74, 6) is 1.62. The highest BCUT2D eigenvalue weighted by atomic mass is 31.2. The molecule has 0 amide bonds. The van der Waals surface area contributed by atoms with Crippen molar-refractivity contribution < 1.29 is 37.3 Å². The monoisotopic (exact) mass is 677 g/mol. The van der Waals surface area contributed by atoms with Gasteiger partial charge in [-0.2, -0.15) is 4.57 Å².